The zero-order chi connectivity index (χ0) is 28.5. The van der Waals surface area contributed by atoms with E-state index < -0.39 is 11.7 Å². The number of carbonyl (C=O) groups excluding carboxylic acids is 1. The van der Waals surface area contributed by atoms with Gasteiger partial charge in [0.15, 0.2) is 0 Å². The zero-order valence-corrected chi connectivity index (χ0v) is 21.9. The van der Waals surface area contributed by atoms with Crippen LogP contribution in [0.5, 0.6) is 0 Å². The summed E-state index contributed by atoms with van der Waals surface area (Å²) in [5.41, 5.74) is 6.91. The lowest BCUT2D eigenvalue weighted by atomic mass is 10.1. The number of carbonyl (C=O) groups is 1. The highest BCUT2D eigenvalue weighted by atomic mass is 19.4. The zero-order valence-electron chi connectivity index (χ0n) is 21.9. The fraction of sp³-hybridized carbons (Fsp3) is 0.259. The van der Waals surface area contributed by atoms with Gasteiger partial charge in [-0.2, -0.15) is 13.2 Å². The molecule has 0 atom stereocenters. The van der Waals surface area contributed by atoms with E-state index in [1.54, 1.807) is 51.3 Å². The molecule has 2 aromatic heterocycles. The maximum absolute atomic E-state index is 13.2. The van der Waals surface area contributed by atoms with E-state index in [-0.39, 0.29) is 30.2 Å². The van der Waals surface area contributed by atoms with Crippen LogP contribution in [0.2, 0.25) is 0 Å². The Bertz CT molecular complexity index is 1600. The average Bonchev–Trinajstić information content (AvgIpc) is 2.86. The molecule has 9 nitrogen and oxygen atoms in total. The number of pyridine rings is 1. The van der Waals surface area contributed by atoms with Gasteiger partial charge in [-0.15, -0.1) is 0 Å². The fourth-order valence-corrected chi connectivity index (χ4v) is 4.02. The van der Waals surface area contributed by atoms with Gasteiger partial charge < -0.3 is 25.4 Å². The summed E-state index contributed by atoms with van der Waals surface area (Å²) in [7, 11) is 5.04. The third-order valence-corrected chi connectivity index (χ3v) is 6.15. The number of hydrogen-bond donors (Lipinski definition) is 2. The highest BCUT2D eigenvalue weighted by Gasteiger charge is 2.31. The van der Waals surface area contributed by atoms with Gasteiger partial charge >= 0.3 is 6.18 Å². The fourth-order valence-electron chi connectivity index (χ4n) is 4.02. The minimum Gasteiger partial charge on any atom is -0.399 e. The summed E-state index contributed by atoms with van der Waals surface area (Å²) in [5.74, 6) is 0.739. The molecular formula is C27H28F3N7O2. The van der Waals surface area contributed by atoms with Crippen molar-refractivity contribution in [1.82, 2.24) is 19.4 Å². The number of aryl methyl sites for hydroxylation is 1. The van der Waals surface area contributed by atoms with Crippen molar-refractivity contribution >= 4 is 39.7 Å². The van der Waals surface area contributed by atoms with Gasteiger partial charge in [-0.25, -0.2) is 9.97 Å². The number of rotatable bonds is 7. The first-order valence-electron chi connectivity index (χ1n) is 11.9. The monoisotopic (exact) mass is 539 g/mol. The first-order chi connectivity index (χ1) is 18.3. The first kappa shape index (κ1) is 27.4. The lowest BCUT2D eigenvalue weighted by Crippen LogP contribution is -2.31. The third-order valence-electron chi connectivity index (χ3n) is 6.15. The standard InChI is InChI=1S/C27H28F3N7O2/c1-16-33-23-6-5-20(36(4)21-7-8-37(24(38)13-21)15-25(39)35(2)3)12-22(23)26(34-16)32-14-17-9-18(27(28,29)30)11-19(31)10-17/h5-13H,14-15,31H2,1-4H3,(H,32,33,34). The Morgan fingerprint density at radius 3 is 2.41 bits per heavy atom. The second-order valence-corrected chi connectivity index (χ2v) is 9.33. The van der Waals surface area contributed by atoms with E-state index in [9.17, 15) is 22.8 Å². The molecule has 4 aromatic rings. The number of alkyl halides is 3. The molecule has 0 aliphatic carbocycles. The predicted molar refractivity (Wildman–Crippen MR) is 145 cm³/mol. The molecule has 0 saturated carbocycles. The molecule has 0 radical (unpaired) electrons. The summed E-state index contributed by atoms with van der Waals surface area (Å²) < 4.78 is 41.0. The second kappa shape index (κ2) is 10.6. The summed E-state index contributed by atoms with van der Waals surface area (Å²) in [6.07, 6.45) is -2.94. The van der Waals surface area contributed by atoms with Gasteiger partial charge in [0, 0.05) is 62.4 Å². The number of fused-ring (bicyclic) bond motifs is 1. The Labute approximate surface area is 222 Å². The Hall–Kier alpha value is -4.61. The number of nitrogens with zero attached hydrogens (tertiary/aromatic N) is 5. The van der Waals surface area contributed by atoms with Crippen molar-refractivity contribution in [2.45, 2.75) is 26.2 Å². The number of halogens is 3. The van der Waals surface area contributed by atoms with Crippen LogP contribution in [0.15, 0.2) is 59.5 Å². The van der Waals surface area contributed by atoms with Crippen LogP contribution in [0, 0.1) is 6.92 Å². The predicted octanol–water partition coefficient (Wildman–Crippen LogP) is 4.17. The van der Waals surface area contributed by atoms with E-state index in [2.05, 4.69) is 15.3 Å². The molecule has 0 aliphatic rings. The average molecular weight is 540 g/mol. The number of nitrogens with two attached hydrogens (primary N) is 1. The number of hydrogen-bond acceptors (Lipinski definition) is 7. The van der Waals surface area contributed by atoms with E-state index in [1.807, 2.05) is 12.1 Å². The largest absolute Gasteiger partial charge is 0.416 e. The molecular weight excluding hydrogens is 511 g/mol. The summed E-state index contributed by atoms with van der Waals surface area (Å²) >= 11 is 0. The number of nitrogens with one attached hydrogen (secondary N) is 1. The molecule has 12 heteroatoms. The molecule has 2 heterocycles. The van der Waals surface area contributed by atoms with Gasteiger partial charge in [0.2, 0.25) is 5.91 Å². The van der Waals surface area contributed by atoms with Crippen LogP contribution in [-0.2, 0) is 24.1 Å². The van der Waals surface area contributed by atoms with Crippen molar-refractivity contribution in [3.63, 3.8) is 0 Å². The number of benzene rings is 2. The molecule has 2 aromatic carbocycles. The molecule has 1 amide bonds. The minimum atomic E-state index is -4.51. The third kappa shape index (κ3) is 6.28. The van der Waals surface area contributed by atoms with E-state index in [0.717, 1.165) is 17.8 Å². The van der Waals surface area contributed by atoms with Gasteiger partial charge in [0.25, 0.3) is 5.56 Å². The van der Waals surface area contributed by atoms with Gasteiger partial charge in [-0.3, -0.25) is 9.59 Å². The smallest absolute Gasteiger partial charge is 0.399 e. The van der Waals surface area contributed by atoms with Crippen molar-refractivity contribution in [2.75, 3.05) is 37.1 Å². The van der Waals surface area contributed by atoms with Crippen LogP contribution >= 0.6 is 0 Å². The van der Waals surface area contributed by atoms with Crippen molar-refractivity contribution in [2.24, 2.45) is 0 Å². The normalized spacial score (nSPS) is 11.5. The van der Waals surface area contributed by atoms with Crippen LogP contribution in [0.25, 0.3) is 10.9 Å². The summed E-state index contributed by atoms with van der Waals surface area (Å²) in [5, 5.41) is 3.77. The molecule has 0 saturated heterocycles. The van der Waals surface area contributed by atoms with Crippen LogP contribution < -0.4 is 21.5 Å². The Balaban J connectivity index is 1.63. The maximum atomic E-state index is 13.2. The van der Waals surface area contributed by atoms with Crippen LogP contribution in [0.4, 0.5) is 36.1 Å². The van der Waals surface area contributed by atoms with Crippen LogP contribution in [-0.4, -0.2) is 46.5 Å². The Kier molecular flexibility index (Phi) is 7.48. The number of amides is 1. The lowest BCUT2D eigenvalue weighted by molar-refractivity contribution is -0.137. The second-order valence-electron chi connectivity index (χ2n) is 9.33. The molecule has 3 N–H and O–H groups in total. The van der Waals surface area contributed by atoms with E-state index in [1.165, 1.54) is 21.6 Å². The Morgan fingerprint density at radius 1 is 1.03 bits per heavy atom. The molecule has 0 bridgehead atoms. The van der Waals surface area contributed by atoms with Crippen LogP contribution in [0.3, 0.4) is 0 Å². The summed E-state index contributed by atoms with van der Waals surface area (Å²) in [6, 6.07) is 12.1. The van der Waals surface area contributed by atoms with Gasteiger partial charge in [-0.1, -0.05) is 0 Å². The van der Waals surface area contributed by atoms with Gasteiger partial charge in [-0.05, 0) is 55.0 Å². The van der Waals surface area contributed by atoms with Crippen LogP contribution in [0.1, 0.15) is 17.0 Å². The number of nitrogen functional groups attached to an aromatic ring is 1. The van der Waals surface area contributed by atoms with E-state index in [0.29, 0.717) is 33.8 Å². The number of anilines is 4. The molecule has 39 heavy (non-hydrogen) atoms. The molecule has 0 aliphatic heterocycles. The first-order valence-corrected chi connectivity index (χ1v) is 11.9. The van der Waals surface area contributed by atoms with Crippen molar-refractivity contribution in [3.05, 3.63) is 82.0 Å². The SMILES string of the molecule is Cc1nc(NCc2cc(N)cc(C(F)(F)F)c2)c2cc(N(C)c3ccn(CC(=O)N(C)C)c(=O)c3)ccc2n1. The van der Waals surface area contributed by atoms with Gasteiger partial charge in [0.1, 0.15) is 18.2 Å². The molecule has 0 spiro atoms. The maximum Gasteiger partial charge on any atom is 0.416 e. The lowest BCUT2D eigenvalue weighted by Gasteiger charge is -2.21. The van der Waals surface area contributed by atoms with E-state index in [4.69, 9.17) is 5.73 Å². The van der Waals surface area contributed by atoms with Crippen molar-refractivity contribution in [1.29, 1.82) is 0 Å². The highest BCUT2D eigenvalue weighted by Crippen LogP contribution is 2.32. The summed E-state index contributed by atoms with van der Waals surface area (Å²) in [4.78, 5) is 36.8. The van der Waals surface area contributed by atoms with Crippen molar-refractivity contribution < 1.29 is 18.0 Å². The molecule has 204 valence electrons. The summed E-state index contributed by atoms with van der Waals surface area (Å²) in [6.45, 7) is 1.72. The number of likely N-dealkylation sites (N-methyl/N-ethyl adjacent to an activating group) is 1. The minimum absolute atomic E-state index is 0.0160. The molecule has 0 fully saturated rings. The van der Waals surface area contributed by atoms with E-state index >= 15 is 0 Å². The Morgan fingerprint density at radius 2 is 1.74 bits per heavy atom. The van der Waals surface area contributed by atoms with Gasteiger partial charge in [0.05, 0.1) is 11.1 Å². The molecule has 4 rings (SSSR count). The number of aromatic nitrogens is 3. The topological polar surface area (TPSA) is 109 Å². The highest BCUT2D eigenvalue weighted by molar-refractivity contribution is 5.92. The molecule has 0 unspecified atom stereocenters. The quantitative estimate of drug-likeness (QED) is 0.339. The van der Waals surface area contributed by atoms with Crippen molar-refractivity contribution in [3.8, 4) is 0 Å².